The van der Waals surface area contributed by atoms with Gasteiger partial charge in [-0.15, -0.1) is 0 Å². The van der Waals surface area contributed by atoms with Gasteiger partial charge in [-0.3, -0.25) is 14.7 Å². The molecular formula is C39H41N5O6. The van der Waals surface area contributed by atoms with Gasteiger partial charge in [0.25, 0.3) is 0 Å². The van der Waals surface area contributed by atoms with Crippen molar-refractivity contribution in [3.63, 3.8) is 0 Å². The molecule has 3 atom stereocenters. The molecule has 3 fully saturated rings. The van der Waals surface area contributed by atoms with Crippen LogP contribution in [0.15, 0.2) is 102 Å². The molecule has 0 spiro atoms. The Labute approximate surface area is 289 Å². The zero-order chi connectivity index (χ0) is 34.5. The van der Waals surface area contributed by atoms with Crippen LogP contribution in [0.2, 0.25) is 0 Å². The van der Waals surface area contributed by atoms with Crippen molar-refractivity contribution >= 4 is 17.0 Å². The summed E-state index contributed by atoms with van der Waals surface area (Å²) in [6.45, 7) is 3.96. The zero-order valence-electron chi connectivity index (χ0n) is 27.6. The number of carbonyl (C=O) groups is 1. The number of pyridine rings is 2. The van der Waals surface area contributed by atoms with E-state index in [1.807, 2.05) is 66.7 Å². The maximum Gasteiger partial charge on any atom is 0.408 e. The van der Waals surface area contributed by atoms with Gasteiger partial charge in [0.2, 0.25) is 5.56 Å². The molecule has 258 valence electrons. The number of aromatic nitrogens is 2. The van der Waals surface area contributed by atoms with E-state index in [9.17, 15) is 19.8 Å². The molecule has 5 N–H and O–H groups in total. The van der Waals surface area contributed by atoms with E-state index in [0.717, 1.165) is 54.9 Å². The second-order valence-electron chi connectivity index (χ2n) is 13.0. The molecule has 5 heterocycles. The predicted molar refractivity (Wildman–Crippen MR) is 189 cm³/mol. The fraction of sp³-hybridized carbons (Fsp3) is 0.308. The van der Waals surface area contributed by atoms with E-state index < -0.39 is 18.2 Å². The Bertz CT molecular complexity index is 1980. The van der Waals surface area contributed by atoms with Crippen molar-refractivity contribution in [3.05, 3.63) is 135 Å². The van der Waals surface area contributed by atoms with Gasteiger partial charge >= 0.3 is 6.09 Å². The zero-order valence-corrected chi connectivity index (χ0v) is 27.6. The summed E-state index contributed by atoms with van der Waals surface area (Å²) in [5.41, 5.74) is 4.09. The lowest BCUT2D eigenvalue weighted by Crippen LogP contribution is -2.52. The molecule has 3 aliphatic rings. The summed E-state index contributed by atoms with van der Waals surface area (Å²) in [5.74, 6) is 1.05. The molecule has 0 aliphatic carbocycles. The van der Waals surface area contributed by atoms with Gasteiger partial charge in [0.05, 0.1) is 23.4 Å². The number of rotatable bonds is 12. The number of aliphatic hydroxyl groups is 1. The fourth-order valence-corrected chi connectivity index (χ4v) is 6.93. The van der Waals surface area contributed by atoms with E-state index in [1.54, 1.807) is 18.3 Å². The number of phenolic OH excluding ortho intramolecular Hbond substituents is 1. The molecule has 0 unspecified atom stereocenters. The van der Waals surface area contributed by atoms with Crippen LogP contribution in [-0.4, -0.2) is 63.5 Å². The highest BCUT2D eigenvalue weighted by molar-refractivity contribution is 5.87. The second kappa shape index (κ2) is 15.1. The molecule has 1 amide bonds. The number of benzene rings is 3. The van der Waals surface area contributed by atoms with E-state index in [4.69, 9.17) is 9.47 Å². The third-order valence-corrected chi connectivity index (χ3v) is 9.64. The summed E-state index contributed by atoms with van der Waals surface area (Å²) in [4.78, 5) is 34.4. The average molecular weight is 676 g/mol. The number of aliphatic hydroxyl groups excluding tert-OH is 1. The highest BCUT2D eigenvalue weighted by Crippen LogP contribution is 2.31. The molecule has 11 heteroatoms. The average Bonchev–Trinajstić information content (AvgIpc) is 3.15. The number of alkyl carbamates (subject to hydrolysis) is 1. The quantitative estimate of drug-likeness (QED) is 0.124. The molecule has 3 saturated heterocycles. The SMILES string of the molecule is O=C(N[C@@H](c1ccccc1)c1cccc(OCc2ccc(CNC[C@H](O)c3ccc(O)c4[nH]c(=O)ccc34)nc2)c1)O[C@H]1CN2CCC1CC2. The van der Waals surface area contributed by atoms with Crippen LogP contribution in [-0.2, 0) is 17.9 Å². The van der Waals surface area contributed by atoms with Gasteiger partial charge in [-0.1, -0.05) is 54.6 Å². The summed E-state index contributed by atoms with van der Waals surface area (Å²) in [6, 6.07) is 27.1. The van der Waals surface area contributed by atoms with Crippen molar-refractivity contribution in [1.82, 2.24) is 25.5 Å². The number of fused-ring (bicyclic) bond motifs is 4. The van der Waals surface area contributed by atoms with Crippen LogP contribution >= 0.6 is 0 Å². The number of amides is 1. The standard InChI is InChI=1S/C39H41N5O6/c45-33-13-11-31(32-12-14-36(47)42-38(32)33)34(46)22-40-21-29-10-9-25(20-41-29)24-49-30-8-4-7-28(19-30)37(27-5-2-1-3-6-27)43-39(48)50-35-23-44-17-15-26(35)16-18-44/h1-14,19-20,26,34-35,37,40,45-46H,15-18,21-24H2,(H,42,47)(H,43,48)/t34-,35-,37-/m0/s1. The number of H-pyrrole nitrogens is 1. The van der Waals surface area contributed by atoms with Gasteiger partial charge < -0.3 is 35.3 Å². The summed E-state index contributed by atoms with van der Waals surface area (Å²) < 4.78 is 12.1. The largest absolute Gasteiger partial charge is 0.506 e. The molecule has 2 bridgehead atoms. The van der Waals surface area contributed by atoms with Gasteiger partial charge in [0.1, 0.15) is 24.2 Å². The number of ether oxygens (including phenoxy) is 2. The maximum atomic E-state index is 13.2. The second-order valence-corrected chi connectivity index (χ2v) is 13.0. The molecule has 8 rings (SSSR count). The first-order valence-electron chi connectivity index (χ1n) is 17.0. The number of phenols is 1. The smallest absolute Gasteiger partial charge is 0.408 e. The Morgan fingerprint density at radius 2 is 1.80 bits per heavy atom. The third kappa shape index (κ3) is 7.81. The van der Waals surface area contributed by atoms with Gasteiger partial charge in [-0.2, -0.15) is 0 Å². The monoisotopic (exact) mass is 675 g/mol. The van der Waals surface area contributed by atoms with Crippen molar-refractivity contribution in [2.75, 3.05) is 26.2 Å². The van der Waals surface area contributed by atoms with E-state index in [1.165, 1.54) is 12.1 Å². The lowest BCUT2D eigenvalue weighted by Gasteiger charge is -2.43. The number of aromatic amines is 1. The first-order chi connectivity index (χ1) is 24.4. The number of aromatic hydroxyl groups is 1. The fourth-order valence-electron chi connectivity index (χ4n) is 6.93. The molecule has 11 nitrogen and oxygen atoms in total. The summed E-state index contributed by atoms with van der Waals surface area (Å²) >= 11 is 0. The van der Waals surface area contributed by atoms with Crippen LogP contribution in [0.4, 0.5) is 4.79 Å². The number of piperidine rings is 3. The predicted octanol–water partition coefficient (Wildman–Crippen LogP) is 4.94. The Morgan fingerprint density at radius 3 is 2.56 bits per heavy atom. The minimum atomic E-state index is -0.861. The Kier molecular flexibility index (Phi) is 10.1. The first kappa shape index (κ1) is 33.3. The maximum absolute atomic E-state index is 13.2. The summed E-state index contributed by atoms with van der Waals surface area (Å²) in [7, 11) is 0. The normalized spacial score (nSPS) is 19.5. The Morgan fingerprint density at radius 1 is 0.980 bits per heavy atom. The van der Waals surface area contributed by atoms with Crippen LogP contribution in [0.3, 0.4) is 0 Å². The van der Waals surface area contributed by atoms with Crippen molar-refractivity contribution < 1.29 is 24.5 Å². The van der Waals surface area contributed by atoms with Crippen molar-refractivity contribution in [2.24, 2.45) is 5.92 Å². The molecule has 3 aliphatic heterocycles. The Balaban J connectivity index is 0.939. The molecule has 5 aromatic rings. The number of nitrogens with zero attached hydrogens (tertiary/aromatic N) is 2. The topological polar surface area (TPSA) is 149 Å². The molecule has 2 aromatic heterocycles. The molecule has 0 saturated carbocycles. The van der Waals surface area contributed by atoms with Crippen LogP contribution in [0.5, 0.6) is 11.5 Å². The number of hydrogen-bond donors (Lipinski definition) is 5. The van der Waals surface area contributed by atoms with Gasteiger partial charge in [-0.25, -0.2) is 4.79 Å². The number of nitrogens with one attached hydrogen (secondary N) is 3. The lowest BCUT2D eigenvalue weighted by molar-refractivity contribution is -0.0336. The molecule has 3 aromatic carbocycles. The van der Waals surface area contributed by atoms with Gasteiger partial charge in [0.15, 0.2) is 0 Å². The molecular weight excluding hydrogens is 634 g/mol. The highest BCUT2D eigenvalue weighted by atomic mass is 16.6. The van der Waals surface area contributed by atoms with Gasteiger partial charge in [0, 0.05) is 42.8 Å². The Hall–Kier alpha value is -5.23. The van der Waals surface area contributed by atoms with Gasteiger partial charge in [-0.05, 0) is 78.9 Å². The van der Waals surface area contributed by atoms with Crippen LogP contribution in [0, 0.1) is 5.92 Å². The first-order valence-corrected chi connectivity index (χ1v) is 17.0. The van der Waals surface area contributed by atoms with E-state index in [2.05, 4.69) is 25.5 Å². The van der Waals surface area contributed by atoms with Crippen LogP contribution < -0.4 is 20.9 Å². The molecule has 50 heavy (non-hydrogen) atoms. The summed E-state index contributed by atoms with van der Waals surface area (Å²) in [5, 5.41) is 27.9. The van der Waals surface area contributed by atoms with Crippen LogP contribution in [0.25, 0.3) is 10.9 Å². The highest BCUT2D eigenvalue weighted by Gasteiger charge is 2.37. The van der Waals surface area contributed by atoms with Crippen LogP contribution in [0.1, 0.15) is 52.9 Å². The van der Waals surface area contributed by atoms with E-state index in [0.29, 0.717) is 41.3 Å². The lowest BCUT2D eigenvalue weighted by atomic mass is 9.86. The number of carbonyl (C=O) groups excluding carboxylic acids is 1. The third-order valence-electron chi connectivity index (χ3n) is 9.64. The van der Waals surface area contributed by atoms with Crippen molar-refractivity contribution in [3.8, 4) is 11.5 Å². The van der Waals surface area contributed by atoms with E-state index >= 15 is 0 Å². The van der Waals surface area contributed by atoms with E-state index in [-0.39, 0.29) is 24.0 Å². The minimum Gasteiger partial charge on any atom is -0.506 e. The van der Waals surface area contributed by atoms with Crippen molar-refractivity contribution in [1.29, 1.82) is 0 Å². The summed E-state index contributed by atoms with van der Waals surface area (Å²) in [6.07, 6.45) is 2.56. The number of hydrogen-bond acceptors (Lipinski definition) is 9. The molecule has 0 radical (unpaired) electrons. The minimum absolute atomic E-state index is 0.0485. The van der Waals surface area contributed by atoms with Crippen molar-refractivity contribution in [2.45, 2.75) is 44.2 Å².